The minimum atomic E-state index is -0.303. The van der Waals surface area contributed by atoms with Gasteiger partial charge in [-0.1, -0.05) is 12.2 Å². The maximum Gasteiger partial charge on any atom is 0.253 e. The normalized spacial score (nSPS) is 22.8. The summed E-state index contributed by atoms with van der Waals surface area (Å²) >= 11 is 0. The molecule has 3 nitrogen and oxygen atoms in total. The Kier molecular flexibility index (Phi) is 4.88. The van der Waals surface area contributed by atoms with Crippen molar-refractivity contribution >= 4 is 5.91 Å². The van der Waals surface area contributed by atoms with Gasteiger partial charge in [-0.2, -0.15) is 0 Å². The Bertz CT molecular complexity index is 533. The van der Waals surface area contributed by atoms with Gasteiger partial charge in [0.15, 0.2) is 0 Å². The van der Waals surface area contributed by atoms with Crippen LogP contribution in [0.15, 0.2) is 36.4 Å². The molecule has 1 aromatic carbocycles. The highest BCUT2D eigenvalue weighted by atomic mass is 19.1. The maximum atomic E-state index is 12.9. The van der Waals surface area contributed by atoms with Gasteiger partial charge >= 0.3 is 0 Å². The van der Waals surface area contributed by atoms with Gasteiger partial charge in [0.05, 0.1) is 0 Å². The molecule has 0 saturated carbocycles. The monoisotopic (exact) mass is 302 g/mol. The number of amides is 1. The molecule has 1 aromatic rings. The van der Waals surface area contributed by atoms with Gasteiger partial charge in [-0.25, -0.2) is 4.39 Å². The van der Waals surface area contributed by atoms with Crippen LogP contribution in [0, 0.1) is 11.7 Å². The Morgan fingerprint density at radius 1 is 1.09 bits per heavy atom. The predicted octanol–water partition coefficient (Wildman–Crippen LogP) is 2.94. The molecular formula is C18H23FN2O. The number of benzene rings is 1. The lowest BCUT2D eigenvalue weighted by atomic mass is 9.94. The molecule has 22 heavy (non-hydrogen) atoms. The van der Waals surface area contributed by atoms with Crippen molar-refractivity contribution in [2.45, 2.75) is 19.3 Å². The van der Waals surface area contributed by atoms with E-state index in [-0.39, 0.29) is 11.7 Å². The minimum absolute atomic E-state index is 0.0141. The number of carbonyl (C=O) groups excluding carboxylic acids is 1. The van der Waals surface area contributed by atoms with E-state index in [1.54, 1.807) is 12.1 Å². The van der Waals surface area contributed by atoms with Crippen LogP contribution >= 0.6 is 0 Å². The van der Waals surface area contributed by atoms with Gasteiger partial charge in [0, 0.05) is 38.3 Å². The van der Waals surface area contributed by atoms with Crippen molar-refractivity contribution in [1.29, 1.82) is 0 Å². The summed E-state index contributed by atoms with van der Waals surface area (Å²) in [6, 6.07) is 5.83. The maximum absolute atomic E-state index is 12.9. The third-order valence-corrected chi connectivity index (χ3v) is 4.64. The Morgan fingerprint density at radius 2 is 1.82 bits per heavy atom. The molecule has 1 saturated heterocycles. The minimum Gasteiger partial charge on any atom is -0.336 e. The second-order valence-corrected chi connectivity index (χ2v) is 6.25. The number of piperazine rings is 1. The third-order valence-electron chi connectivity index (χ3n) is 4.64. The zero-order chi connectivity index (χ0) is 15.4. The van der Waals surface area contributed by atoms with Crippen molar-refractivity contribution in [3.63, 3.8) is 0 Å². The van der Waals surface area contributed by atoms with Gasteiger partial charge < -0.3 is 4.90 Å². The van der Waals surface area contributed by atoms with E-state index in [2.05, 4.69) is 17.1 Å². The van der Waals surface area contributed by atoms with Crippen molar-refractivity contribution in [2.75, 3.05) is 32.7 Å². The van der Waals surface area contributed by atoms with Gasteiger partial charge in [-0.3, -0.25) is 9.69 Å². The number of rotatable bonds is 3. The first-order chi connectivity index (χ1) is 10.7. The van der Waals surface area contributed by atoms with Crippen molar-refractivity contribution in [3.05, 3.63) is 47.8 Å². The van der Waals surface area contributed by atoms with Crippen LogP contribution in [0.2, 0.25) is 0 Å². The molecule has 118 valence electrons. The lowest BCUT2D eigenvalue weighted by molar-refractivity contribution is 0.0614. The fraction of sp³-hybridized carbons (Fsp3) is 0.500. The van der Waals surface area contributed by atoms with E-state index in [0.29, 0.717) is 5.56 Å². The number of allylic oxidation sites excluding steroid dienone is 2. The lowest BCUT2D eigenvalue weighted by Gasteiger charge is -2.36. The number of hydrogen-bond acceptors (Lipinski definition) is 2. The first-order valence-corrected chi connectivity index (χ1v) is 8.14. The van der Waals surface area contributed by atoms with Crippen LogP contribution in [-0.4, -0.2) is 48.4 Å². The number of hydrogen-bond donors (Lipinski definition) is 0. The van der Waals surface area contributed by atoms with Gasteiger partial charge in [0.1, 0.15) is 5.82 Å². The lowest BCUT2D eigenvalue weighted by Crippen LogP contribution is -2.49. The molecule has 0 N–H and O–H groups in total. The fourth-order valence-corrected chi connectivity index (χ4v) is 3.30. The highest BCUT2D eigenvalue weighted by molar-refractivity contribution is 5.94. The zero-order valence-corrected chi connectivity index (χ0v) is 12.9. The van der Waals surface area contributed by atoms with Crippen LogP contribution in [0.1, 0.15) is 29.6 Å². The molecule has 2 aliphatic rings. The van der Waals surface area contributed by atoms with Crippen LogP contribution in [0.25, 0.3) is 0 Å². The molecule has 0 radical (unpaired) electrons. The Balaban J connectivity index is 1.49. The van der Waals surface area contributed by atoms with Crippen molar-refractivity contribution < 1.29 is 9.18 Å². The second kappa shape index (κ2) is 7.05. The van der Waals surface area contributed by atoms with Crippen molar-refractivity contribution in [2.24, 2.45) is 5.92 Å². The summed E-state index contributed by atoms with van der Waals surface area (Å²) in [5, 5.41) is 0. The quantitative estimate of drug-likeness (QED) is 0.802. The van der Waals surface area contributed by atoms with E-state index in [9.17, 15) is 9.18 Å². The zero-order valence-electron chi connectivity index (χ0n) is 12.9. The van der Waals surface area contributed by atoms with Crippen molar-refractivity contribution in [1.82, 2.24) is 9.80 Å². The largest absolute Gasteiger partial charge is 0.336 e. The summed E-state index contributed by atoms with van der Waals surface area (Å²) in [4.78, 5) is 16.7. The molecule has 3 rings (SSSR count). The fourth-order valence-electron chi connectivity index (χ4n) is 3.30. The first kappa shape index (κ1) is 15.2. The smallest absolute Gasteiger partial charge is 0.253 e. The second-order valence-electron chi connectivity index (χ2n) is 6.25. The molecule has 1 atom stereocenters. The molecule has 0 unspecified atom stereocenters. The van der Waals surface area contributed by atoms with Gasteiger partial charge in [0.2, 0.25) is 0 Å². The topological polar surface area (TPSA) is 23.6 Å². The average Bonchev–Trinajstić information content (AvgIpc) is 2.57. The summed E-state index contributed by atoms with van der Waals surface area (Å²) in [6.07, 6.45) is 8.24. The summed E-state index contributed by atoms with van der Waals surface area (Å²) in [5.41, 5.74) is 0.576. The van der Waals surface area contributed by atoms with Crippen LogP contribution in [-0.2, 0) is 0 Å². The van der Waals surface area contributed by atoms with Crippen molar-refractivity contribution in [3.8, 4) is 0 Å². The Hall–Kier alpha value is -1.68. The van der Waals surface area contributed by atoms with E-state index in [0.717, 1.165) is 38.6 Å². The SMILES string of the molecule is O=C(c1ccc(F)cc1)N1CCN(C[C@H]2CC=CCC2)CC1. The molecule has 0 bridgehead atoms. The molecule has 1 fully saturated rings. The molecular weight excluding hydrogens is 279 g/mol. The van der Waals surface area contributed by atoms with E-state index in [1.807, 2.05) is 4.90 Å². The van der Waals surface area contributed by atoms with Crippen LogP contribution in [0.3, 0.4) is 0 Å². The van der Waals surface area contributed by atoms with Crippen LogP contribution in [0.4, 0.5) is 4.39 Å². The van der Waals surface area contributed by atoms with E-state index < -0.39 is 0 Å². The summed E-state index contributed by atoms with van der Waals surface area (Å²) in [7, 11) is 0. The van der Waals surface area contributed by atoms with Crippen LogP contribution < -0.4 is 0 Å². The summed E-state index contributed by atoms with van der Waals surface area (Å²) < 4.78 is 12.9. The number of carbonyl (C=O) groups is 1. The Morgan fingerprint density at radius 3 is 2.45 bits per heavy atom. The predicted molar refractivity (Wildman–Crippen MR) is 85.2 cm³/mol. The van der Waals surface area contributed by atoms with Gasteiger partial charge in [0.25, 0.3) is 5.91 Å². The average molecular weight is 302 g/mol. The third kappa shape index (κ3) is 3.74. The highest BCUT2D eigenvalue weighted by Gasteiger charge is 2.23. The van der Waals surface area contributed by atoms with E-state index in [4.69, 9.17) is 0 Å². The van der Waals surface area contributed by atoms with Gasteiger partial charge in [-0.15, -0.1) is 0 Å². The van der Waals surface area contributed by atoms with Gasteiger partial charge in [-0.05, 0) is 49.4 Å². The standard InChI is InChI=1S/C18H23FN2O/c19-17-8-6-16(7-9-17)18(22)21-12-10-20(11-13-21)14-15-4-2-1-3-5-15/h1-2,6-9,15H,3-5,10-14H2/t15-/m0/s1. The van der Waals surface area contributed by atoms with E-state index in [1.165, 1.54) is 31.4 Å². The molecule has 4 heteroatoms. The molecule has 1 aliphatic heterocycles. The molecule has 1 amide bonds. The number of halogens is 1. The molecule has 0 aromatic heterocycles. The Labute approximate surface area is 131 Å². The number of nitrogens with zero attached hydrogens (tertiary/aromatic N) is 2. The van der Waals surface area contributed by atoms with E-state index >= 15 is 0 Å². The molecule has 1 heterocycles. The first-order valence-electron chi connectivity index (χ1n) is 8.14. The molecule has 0 spiro atoms. The highest BCUT2D eigenvalue weighted by Crippen LogP contribution is 2.20. The summed E-state index contributed by atoms with van der Waals surface area (Å²) in [5.74, 6) is 0.479. The summed E-state index contributed by atoms with van der Waals surface area (Å²) in [6.45, 7) is 4.54. The van der Waals surface area contributed by atoms with Crippen LogP contribution in [0.5, 0.6) is 0 Å². The molecule has 1 aliphatic carbocycles.